The third kappa shape index (κ3) is 2.03. The van der Waals surface area contributed by atoms with Gasteiger partial charge in [-0.15, -0.1) is 24.4 Å². The summed E-state index contributed by atoms with van der Waals surface area (Å²) in [5.41, 5.74) is 0.747. The fourth-order valence-corrected chi connectivity index (χ4v) is 2.22. The van der Waals surface area contributed by atoms with Gasteiger partial charge in [0.15, 0.2) is 0 Å². The Hall–Kier alpha value is -0.940. The number of hydrogen-bond acceptors (Lipinski definition) is 5. The lowest BCUT2D eigenvalue weighted by atomic mass is 10.2. The van der Waals surface area contributed by atoms with Crippen molar-refractivity contribution in [1.82, 2.24) is 9.97 Å². The van der Waals surface area contributed by atoms with Gasteiger partial charge in [-0.2, -0.15) is 0 Å². The van der Waals surface area contributed by atoms with E-state index in [0.717, 1.165) is 21.7 Å². The molecule has 0 bridgehead atoms. The Balaban J connectivity index is 2.68. The predicted octanol–water partition coefficient (Wildman–Crippen LogP) is 2.74. The van der Waals surface area contributed by atoms with Crippen molar-refractivity contribution in [3.8, 4) is 5.75 Å². The first-order valence-electron chi connectivity index (χ1n) is 4.52. The van der Waals surface area contributed by atoms with Crippen LogP contribution in [0.5, 0.6) is 5.75 Å². The lowest BCUT2D eigenvalue weighted by Gasteiger charge is -2.05. The van der Waals surface area contributed by atoms with Crippen LogP contribution in [0.2, 0.25) is 0 Å². The Bertz CT molecular complexity index is 502. The number of aromatic hydroxyl groups is 1. The van der Waals surface area contributed by atoms with Crippen LogP contribution in [0.1, 0.15) is 6.92 Å². The Labute approximate surface area is 97.4 Å². The number of phenolic OH excluding ortho intramolecular Hbond substituents is 1. The molecular weight excluding hydrogens is 228 g/mol. The molecule has 0 radical (unpaired) electrons. The maximum atomic E-state index is 9.49. The highest BCUT2D eigenvalue weighted by Gasteiger charge is 2.06. The number of benzene rings is 1. The minimum atomic E-state index is 0.150. The molecule has 0 amide bonds. The van der Waals surface area contributed by atoms with Gasteiger partial charge in [0.1, 0.15) is 17.1 Å². The summed E-state index contributed by atoms with van der Waals surface area (Å²) in [6.07, 6.45) is 1.51. The Morgan fingerprint density at radius 1 is 1.40 bits per heavy atom. The molecule has 1 N–H and O–H groups in total. The number of fused-ring (bicyclic) bond motifs is 1. The van der Waals surface area contributed by atoms with Gasteiger partial charge in [0.2, 0.25) is 0 Å². The number of rotatable bonds is 2. The summed E-state index contributed by atoms with van der Waals surface area (Å²) in [6, 6.07) is 3.41. The molecule has 5 heteroatoms. The molecule has 78 valence electrons. The van der Waals surface area contributed by atoms with Crippen molar-refractivity contribution in [3.05, 3.63) is 18.5 Å². The fraction of sp³-hybridized carbons (Fsp3) is 0.200. The van der Waals surface area contributed by atoms with E-state index in [1.165, 1.54) is 6.33 Å². The first-order chi connectivity index (χ1) is 7.22. The van der Waals surface area contributed by atoms with E-state index in [2.05, 4.69) is 29.5 Å². The average Bonchev–Trinajstić information content (AvgIpc) is 2.21. The molecule has 15 heavy (non-hydrogen) atoms. The molecule has 0 unspecified atom stereocenters. The first-order valence-corrected chi connectivity index (χ1v) is 5.95. The molecule has 3 nitrogen and oxygen atoms in total. The van der Waals surface area contributed by atoms with Crippen molar-refractivity contribution >= 4 is 35.3 Å². The summed E-state index contributed by atoms with van der Waals surface area (Å²) in [5.74, 6) is 1.10. The van der Waals surface area contributed by atoms with Crippen molar-refractivity contribution in [2.45, 2.75) is 16.8 Å². The summed E-state index contributed by atoms with van der Waals surface area (Å²) >= 11 is 5.83. The molecule has 1 aromatic heterocycles. The van der Waals surface area contributed by atoms with Crippen LogP contribution in [0, 0.1) is 0 Å². The third-order valence-electron chi connectivity index (χ3n) is 1.98. The van der Waals surface area contributed by atoms with E-state index in [1.807, 2.05) is 0 Å². The van der Waals surface area contributed by atoms with Gasteiger partial charge in [0, 0.05) is 16.3 Å². The number of thiol groups is 1. The second-order valence-corrected chi connectivity index (χ2v) is 4.70. The molecule has 0 aliphatic rings. The standard InChI is InChI=1S/C10H10N2OS2/c1-2-15-10-6-3-9(14)8(13)4-7(6)11-5-12-10/h3-5,13-14H,2H2,1H3. The molecule has 0 saturated heterocycles. The summed E-state index contributed by atoms with van der Waals surface area (Å²) in [7, 11) is 0. The zero-order valence-electron chi connectivity index (χ0n) is 8.14. The summed E-state index contributed by atoms with van der Waals surface area (Å²) in [4.78, 5) is 8.86. The maximum absolute atomic E-state index is 9.49. The molecule has 2 aromatic rings. The molecule has 0 aliphatic heterocycles. The van der Waals surface area contributed by atoms with Crippen molar-refractivity contribution in [3.63, 3.8) is 0 Å². The molecule has 1 aromatic carbocycles. The van der Waals surface area contributed by atoms with Crippen molar-refractivity contribution < 1.29 is 5.11 Å². The highest BCUT2D eigenvalue weighted by molar-refractivity contribution is 7.99. The third-order valence-corrected chi connectivity index (χ3v) is 3.22. The van der Waals surface area contributed by atoms with Crippen LogP contribution in [-0.4, -0.2) is 20.8 Å². The minimum Gasteiger partial charge on any atom is -0.507 e. The Morgan fingerprint density at radius 2 is 2.20 bits per heavy atom. The van der Waals surface area contributed by atoms with Crippen LogP contribution in [-0.2, 0) is 0 Å². The monoisotopic (exact) mass is 238 g/mol. The first kappa shape index (κ1) is 10.6. The van der Waals surface area contributed by atoms with Crippen LogP contribution < -0.4 is 0 Å². The number of nitrogens with zero attached hydrogens (tertiary/aromatic N) is 2. The lowest BCUT2D eigenvalue weighted by Crippen LogP contribution is -1.87. The van der Waals surface area contributed by atoms with Crippen LogP contribution in [0.15, 0.2) is 28.4 Å². The van der Waals surface area contributed by atoms with Crippen molar-refractivity contribution in [2.75, 3.05) is 5.75 Å². The van der Waals surface area contributed by atoms with Gasteiger partial charge in [0.05, 0.1) is 5.52 Å². The van der Waals surface area contributed by atoms with E-state index >= 15 is 0 Å². The van der Waals surface area contributed by atoms with Gasteiger partial charge in [-0.1, -0.05) is 6.92 Å². The Kier molecular flexibility index (Phi) is 3.02. The van der Waals surface area contributed by atoms with Crippen LogP contribution in [0.3, 0.4) is 0 Å². The van der Waals surface area contributed by atoms with E-state index in [9.17, 15) is 5.11 Å². The molecule has 0 fully saturated rings. The number of phenols is 1. The largest absolute Gasteiger partial charge is 0.507 e. The Morgan fingerprint density at radius 3 is 2.93 bits per heavy atom. The van der Waals surface area contributed by atoms with E-state index in [1.54, 1.807) is 23.9 Å². The molecule has 2 rings (SSSR count). The fourth-order valence-electron chi connectivity index (χ4n) is 1.31. The second-order valence-electron chi connectivity index (χ2n) is 2.97. The molecular formula is C10H10N2OS2. The van der Waals surface area contributed by atoms with Gasteiger partial charge in [0.25, 0.3) is 0 Å². The van der Waals surface area contributed by atoms with Gasteiger partial charge >= 0.3 is 0 Å². The van der Waals surface area contributed by atoms with Gasteiger partial charge < -0.3 is 5.11 Å². The number of thioether (sulfide) groups is 1. The predicted molar refractivity (Wildman–Crippen MR) is 64.9 cm³/mol. The molecule has 0 spiro atoms. The smallest absolute Gasteiger partial charge is 0.131 e. The number of hydrogen-bond donors (Lipinski definition) is 2. The minimum absolute atomic E-state index is 0.150. The normalized spacial score (nSPS) is 10.8. The van der Waals surface area contributed by atoms with Crippen LogP contribution in [0.4, 0.5) is 0 Å². The van der Waals surface area contributed by atoms with E-state index in [-0.39, 0.29) is 5.75 Å². The molecule has 0 aliphatic carbocycles. The van der Waals surface area contributed by atoms with Gasteiger partial charge in [-0.3, -0.25) is 0 Å². The zero-order chi connectivity index (χ0) is 10.8. The highest BCUT2D eigenvalue weighted by Crippen LogP contribution is 2.31. The van der Waals surface area contributed by atoms with Crippen molar-refractivity contribution in [1.29, 1.82) is 0 Å². The molecule has 1 heterocycles. The van der Waals surface area contributed by atoms with Gasteiger partial charge in [-0.25, -0.2) is 9.97 Å². The van der Waals surface area contributed by atoms with Crippen LogP contribution in [0.25, 0.3) is 10.9 Å². The maximum Gasteiger partial charge on any atom is 0.131 e. The topological polar surface area (TPSA) is 46.0 Å². The second kappa shape index (κ2) is 4.28. The molecule has 0 atom stereocenters. The lowest BCUT2D eigenvalue weighted by molar-refractivity contribution is 0.463. The summed E-state index contributed by atoms with van der Waals surface area (Å²) in [6.45, 7) is 2.07. The van der Waals surface area contributed by atoms with E-state index < -0.39 is 0 Å². The van der Waals surface area contributed by atoms with Crippen LogP contribution >= 0.6 is 24.4 Å². The van der Waals surface area contributed by atoms with E-state index in [0.29, 0.717) is 4.90 Å². The number of aromatic nitrogens is 2. The van der Waals surface area contributed by atoms with E-state index in [4.69, 9.17) is 0 Å². The average molecular weight is 238 g/mol. The SMILES string of the molecule is CCSc1ncnc2cc(O)c(S)cc12. The summed E-state index contributed by atoms with van der Waals surface area (Å²) in [5, 5.41) is 11.4. The van der Waals surface area contributed by atoms with Gasteiger partial charge in [-0.05, 0) is 11.8 Å². The highest BCUT2D eigenvalue weighted by atomic mass is 32.2. The molecule has 0 saturated carbocycles. The zero-order valence-corrected chi connectivity index (χ0v) is 9.85. The summed E-state index contributed by atoms with van der Waals surface area (Å²) < 4.78 is 0. The quantitative estimate of drug-likeness (QED) is 0.480. The van der Waals surface area contributed by atoms with Crippen molar-refractivity contribution in [2.24, 2.45) is 0 Å².